The zero-order chi connectivity index (χ0) is 31.3. The molecule has 1 aliphatic rings. The van der Waals surface area contributed by atoms with E-state index in [-0.39, 0.29) is 24.1 Å². The lowest BCUT2D eigenvalue weighted by atomic mass is 9.98. The Balaban J connectivity index is 1.75. The SMILES string of the molecule is COc1ccc(NC(=O)C(c2ccc(O)c(C)c2)N(C(=O)C(Cc2ccccc2)NC(=O)OC(C)(C)C)C2CC2C)cc1. The second kappa shape index (κ2) is 13.2. The summed E-state index contributed by atoms with van der Waals surface area (Å²) in [5.41, 5.74) is 1.74. The van der Waals surface area contributed by atoms with Crippen LogP contribution in [0.2, 0.25) is 0 Å². The summed E-state index contributed by atoms with van der Waals surface area (Å²) in [5, 5.41) is 16.0. The topological polar surface area (TPSA) is 117 Å². The van der Waals surface area contributed by atoms with Crippen LogP contribution in [0.1, 0.15) is 56.8 Å². The van der Waals surface area contributed by atoms with Crippen molar-refractivity contribution < 1.29 is 29.0 Å². The number of hydrogen-bond donors (Lipinski definition) is 3. The Hall–Kier alpha value is -4.53. The van der Waals surface area contributed by atoms with Crippen LogP contribution in [0.4, 0.5) is 10.5 Å². The monoisotopic (exact) mass is 587 g/mol. The maximum absolute atomic E-state index is 14.6. The molecule has 3 aromatic carbocycles. The van der Waals surface area contributed by atoms with Crippen LogP contribution in [0.5, 0.6) is 11.5 Å². The highest BCUT2D eigenvalue weighted by Crippen LogP contribution is 2.41. The largest absolute Gasteiger partial charge is 0.508 e. The number of hydrogen-bond acceptors (Lipinski definition) is 6. The minimum atomic E-state index is -1.04. The maximum atomic E-state index is 14.6. The molecule has 43 heavy (non-hydrogen) atoms. The first-order chi connectivity index (χ1) is 20.4. The van der Waals surface area contributed by atoms with E-state index >= 15 is 0 Å². The van der Waals surface area contributed by atoms with Crippen LogP contribution >= 0.6 is 0 Å². The van der Waals surface area contributed by atoms with Gasteiger partial charge in [-0.25, -0.2) is 4.79 Å². The van der Waals surface area contributed by atoms with E-state index in [9.17, 15) is 19.5 Å². The van der Waals surface area contributed by atoms with Crippen molar-refractivity contribution in [2.75, 3.05) is 12.4 Å². The molecule has 3 N–H and O–H groups in total. The lowest BCUT2D eigenvalue weighted by molar-refractivity contribution is -0.141. The molecule has 9 nitrogen and oxygen atoms in total. The first-order valence-electron chi connectivity index (χ1n) is 14.5. The number of nitrogens with zero attached hydrogens (tertiary/aromatic N) is 1. The van der Waals surface area contributed by atoms with E-state index in [4.69, 9.17) is 9.47 Å². The van der Waals surface area contributed by atoms with E-state index < -0.39 is 35.6 Å². The van der Waals surface area contributed by atoms with Crippen LogP contribution in [0.15, 0.2) is 72.8 Å². The Kier molecular flexibility index (Phi) is 9.63. The number of phenols is 1. The number of benzene rings is 3. The molecule has 9 heteroatoms. The molecule has 1 aliphatic carbocycles. The molecule has 0 saturated heterocycles. The van der Waals surface area contributed by atoms with Crippen molar-refractivity contribution in [3.05, 3.63) is 89.5 Å². The van der Waals surface area contributed by atoms with Crippen LogP contribution in [-0.4, -0.2) is 52.7 Å². The summed E-state index contributed by atoms with van der Waals surface area (Å²) in [7, 11) is 1.56. The van der Waals surface area contributed by atoms with Crippen molar-refractivity contribution in [2.24, 2.45) is 5.92 Å². The molecule has 3 aromatic rings. The number of ether oxygens (including phenoxy) is 2. The van der Waals surface area contributed by atoms with E-state index in [1.165, 1.54) is 6.07 Å². The fourth-order valence-electron chi connectivity index (χ4n) is 5.02. The second-order valence-electron chi connectivity index (χ2n) is 12.1. The van der Waals surface area contributed by atoms with Gasteiger partial charge in [0.05, 0.1) is 7.11 Å². The number of phenolic OH excluding ortho intramolecular Hbond substituents is 1. The third-order valence-electron chi connectivity index (χ3n) is 7.37. The third-order valence-corrected chi connectivity index (χ3v) is 7.37. The zero-order valence-electron chi connectivity index (χ0n) is 25.6. The van der Waals surface area contributed by atoms with Gasteiger partial charge in [-0.15, -0.1) is 0 Å². The highest BCUT2D eigenvalue weighted by atomic mass is 16.6. The summed E-state index contributed by atoms with van der Waals surface area (Å²) in [6.45, 7) is 9.03. The number of carbonyl (C=O) groups excluding carboxylic acids is 3. The van der Waals surface area contributed by atoms with Gasteiger partial charge in [0.2, 0.25) is 5.91 Å². The van der Waals surface area contributed by atoms with Gasteiger partial charge in [-0.2, -0.15) is 0 Å². The Morgan fingerprint density at radius 1 is 1.02 bits per heavy atom. The molecule has 0 bridgehead atoms. The van der Waals surface area contributed by atoms with Gasteiger partial charge in [0.15, 0.2) is 0 Å². The predicted molar refractivity (Wildman–Crippen MR) is 165 cm³/mol. The van der Waals surface area contributed by atoms with Gasteiger partial charge in [0.25, 0.3) is 5.91 Å². The van der Waals surface area contributed by atoms with Gasteiger partial charge in [-0.05, 0) is 93.1 Å². The molecule has 4 atom stereocenters. The third kappa shape index (κ3) is 8.28. The maximum Gasteiger partial charge on any atom is 0.408 e. The number of aryl methyl sites for hydroxylation is 1. The number of carbonyl (C=O) groups is 3. The molecule has 3 amide bonds. The number of alkyl carbamates (subject to hydrolysis) is 1. The van der Waals surface area contributed by atoms with E-state index in [0.717, 1.165) is 5.56 Å². The van der Waals surface area contributed by atoms with Crippen molar-refractivity contribution >= 4 is 23.6 Å². The number of rotatable bonds is 10. The lowest BCUT2D eigenvalue weighted by Gasteiger charge is -2.35. The molecular weight excluding hydrogens is 546 g/mol. The average Bonchev–Trinajstić information content (AvgIpc) is 3.68. The summed E-state index contributed by atoms with van der Waals surface area (Å²) in [6.07, 6.45) is 0.197. The number of aromatic hydroxyl groups is 1. The van der Waals surface area contributed by atoms with E-state index in [1.807, 2.05) is 37.3 Å². The molecular formula is C34H41N3O6. The van der Waals surface area contributed by atoms with Gasteiger partial charge in [-0.1, -0.05) is 43.3 Å². The highest BCUT2D eigenvalue weighted by Gasteiger charge is 2.48. The Morgan fingerprint density at radius 3 is 2.23 bits per heavy atom. The average molecular weight is 588 g/mol. The highest BCUT2D eigenvalue weighted by molar-refractivity contribution is 5.99. The Labute approximate surface area is 253 Å². The van der Waals surface area contributed by atoms with Crippen molar-refractivity contribution in [1.82, 2.24) is 10.2 Å². The molecule has 0 aromatic heterocycles. The molecule has 4 rings (SSSR count). The molecule has 1 saturated carbocycles. The number of anilines is 1. The zero-order valence-corrected chi connectivity index (χ0v) is 25.6. The van der Waals surface area contributed by atoms with Crippen molar-refractivity contribution in [3.8, 4) is 11.5 Å². The molecule has 1 fully saturated rings. The molecule has 0 heterocycles. The first-order valence-corrected chi connectivity index (χ1v) is 14.5. The quantitative estimate of drug-likeness (QED) is 0.278. The normalized spacial score (nSPS) is 17.3. The summed E-state index contributed by atoms with van der Waals surface area (Å²) in [6, 6.07) is 19.0. The summed E-state index contributed by atoms with van der Waals surface area (Å²) >= 11 is 0. The fourth-order valence-corrected chi connectivity index (χ4v) is 5.02. The lowest BCUT2D eigenvalue weighted by Crippen LogP contribution is -2.54. The van der Waals surface area contributed by atoms with Crippen molar-refractivity contribution in [2.45, 2.75) is 71.2 Å². The van der Waals surface area contributed by atoms with Crippen LogP contribution in [0.3, 0.4) is 0 Å². The second-order valence-corrected chi connectivity index (χ2v) is 12.1. The smallest absolute Gasteiger partial charge is 0.408 e. The van der Waals surface area contributed by atoms with Gasteiger partial charge < -0.3 is 30.1 Å². The van der Waals surface area contributed by atoms with Crippen LogP contribution in [0, 0.1) is 12.8 Å². The molecule has 0 aliphatic heterocycles. The summed E-state index contributed by atoms with van der Waals surface area (Å²) in [5.74, 6) is 0.0639. The fraction of sp³-hybridized carbons (Fsp3) is 0.382. The molecule has 228 valence electrons. The molecule has 0 radical (unpaired) electrons. The van der Waals surface area contributed by atoms with Gasteiger partial charge >= 0.3 is 6.09 Å². The van der Waals surface area contributed by atoms with Crippen LogP contribution in [-0.2, 0) is 20.7 Å². The van der Waals surface area contributed by atoms with E-state index in [2.05, 4.69) is 10.6 Å². The van der Waals surface area contributed by atoms with Gasteiger partial charge in [0.1, 0.15) is 29.2 Å². The van der Waals surface area contributed by atoms with Gasteiger partial charge in [0, 0.05) is 18.2 Å². The van der Waals surface area contributed by atoms with Crippen molar-refractivity contribution in [1.29, 1.82) is 0 Å². The van der Waals surface area contributed by atoms with Crippen LogP contribution in [0.25, 0.3) is 0 Å². The minimum Gasteiger partial charge on any atom is -0.508 e. The number of amides is 3. The molecule has 0 spiro atoms. The summed E-state index contributed by atoms with van der Waals surface area (Å²) in [4.78, 5) is 43.3. The summed E-state index contributed by atoms with van der Waals surface area (Å²) < 4.78 is 10.8. The minimum absolute atomic E-state index is 0.0873. The Bertz CT molecular complexity index is 1430. The first kappa shape index (κ1) is 31.4. The number of methoxy groups -OCH3 is 1. The van der Waals surface area contributed by atoms with E-state index in [1.54, 1.807) is 76.1 Å². The van der Waals surface area contributed by atoms with E-state index in [0.29, 0.717) is 29.0 Å². The predicted octanol–water partition coefficient (Wildman–Crippen LogP) is 5.76. The van der Waals surface area contributed by atoms with Crippen LogP contribution < -0.4 is 15.4 Å². The number of nitrogens with one attached hydrogen (secondary N) is 2. The Morgan fingerprint density at radius 2 is 1.67 bits per heavy atom. The van der Waals surface area contributed by atoms with Crippen molar-refractivity contribution in [3.63, 3.8) is 0 Å². The standard InChI is InChI=1S/C34H41N3O6/c1-21-19-28(21)37(32(40)27(20-23-10-8-7-9-11-23)36-33(41)43-34(3,4)5)30(24-12-17-29(38)22(2)18-24)31(39)35-25-13-15-26(42-6)16-14-25/h7-18,21,27-28,30,38H,19-20H2,1-6H3,(H,35,39)(H,36,41). The molecule has 4 unspecified atom stereocenters. The van der Waals surface area contributed by atoms with Gasteiger partial charge in [-0.3, -0.25) is 9.59 Å².